The number of benzene rings is 1. The molecule has 0 aromatic heterocycles. The molecule has 0 amide bonds. The molecule has 0 heterocycles. The van der Waals surface area contributed by atoms with Gasteiger partial charge in [0.15, 0.2) is 6.29 Å². The standard InChI is InChI=1S/C8H6BrClOS/c1-12-5-2-7(9)6(4-11)8(10)3-5/h2-4H,1H3. The average Bonchev–Trinajstić information content (AvgIpc) is 2.03. The van der Waals surface area contributed by atoms with Gasteiger partial charge in [-0.15, -0.1) is 11.8 Å². The first-order valence-corrected chi connectivity index (χ1v) is 5.57. The Hall–Kier alpha value is 0.01000. The molecule has 0 unspecified atom stereocenters. The van der Waals surface area contributed by atoms with Gasteiger partial charge in [-0.2, -0.15) is 0 Å². The summed E-state index contributed by atoms with van der Waals surface area (Å²) in [7, 11) is 0. The molecule has 0 aliphatic heterocycles. The van der Waals surface area contributed by atoms with Crippen LogP contribution in [-0.2, 0) is 0 Å². The molecule has 4 heteroatoms. The van der Waals surface area contributed by atoms with Gasteiger partial charge in [-0.3, -0.25) is 4.79 Å². The van der Waals surface area contributed by atoms with Gasteiger partial charge < -0.3 is 0 Å². The van der Waals surface area contributed by atoms with Crippen LogP contribution in [-0.4, -0.2) is 12.5 Å². The molecule has 0 aliphatic carbocycles. The van der Waals surface area contributed by atoms with Crippen molar-refractivity contribution in [2.24, 2.45) is 0 Å². The van der Waals surface area contributed by atoms with E-state index in [1.54, 1.807) is 17.8 Å². The SMILES string of the molecule is CSc1cc(Cl)c(C=O)c(Br)c1. The average molecular weight is 266 g/mol. The quantitative estimate of drug-likeness (QED) is 0.600. The molecule has 0 bridgehead atoms. The van der Waals surface area contributed by atoms with Gasteiger partial charge >= 0.3 is 0 Å². The topological polar surface area (TPSA) is 17.1 Å². The Bertz CT molecular complexity index is 291. The Balaban J connectivity index is 3.27. The lowest BCUT2D eigenvalue weighted by atomic mass is 10.2. The van der Waals surface area contributed by atoms with E-state index >= 15 is 0 Å². The number of thioether (sulfide) groups is 1. The van der Waals surface area contributed by atoms with Crippen LogP contribution in [0.4, 0.5) is 0 Å². The number of carbonyl (C=O) groups excluding carboxylic acids is 1. The van der Waals surface area contributed by atoms with Crippen LogP contribution in [0.15, 0.2) is 21.5 Å². The molecule has 1 aromatic carbocycles. The van der Waals surface area contributed by atoms with E-state index in [9.17, 15) is 4.79 Å². The monoisotopic (exact) mass is 264 g/mol. The number of halogens is 2. The van der Waals surface area contributed by atoms with Gasteiger partial charge in [-0.1, -0.05) is 11.6 Å². The molecule has 0 atom stereocenters. The Kier molecular flexibility index (Phi) is 3.62. The molecule has 0 radical (unpaired) electrons. The third kappa shape index (κ3) is 2.03. The van der Waals surface area contributed by atoms with E-state index in [2.05, 4.69) is 15.9 Å². The van der Waals surface area contributed by atoms with E-state index in [1.165, 1.54) is 0 Å². The van der Waals surface area contributed by atoms with Gasteiger partial charge in [0.25, 0.3) is 0 Å². The molecule has 0 saturated heterocycles. The van der Waals surface area contributed by atoms with E-state index in [0.29, 0.717) is 10.6 Å². The normalized spacial score (nSPS) is 9.92. The van der Waals surface area contributed by atoms with E-state index in [0.717, 1.165) is 15.7 Å². The van der Waals surface area contributed by atoms with E-state index in [-0.39, 0.29) is 0 Å². The first kappa shape index (κ1) is 10.1. The molecule has 0 aliphatic rings. The first-order valence-electron chi connectivity index (χ1n) is 3.17. The Morgan fingerprint density at radius 1 is 1.58 bits per heavy atom. The highest BCUT2D eigenvalue weighted by Gasteiger charge is 2.05. The lowest BCUT2D eigenvalue weighted by molar-refractivity contribution is 0.112. The molecule has 0 fully saturated rings. The Labute approximate surface area is 88.6 Å². The summed E-state index contributed by atoms with van der Waals surface area (Å²) in [5.41, 5.74) is 0.509. The zero-order valence-corrected chi connectivity index (χ0v) is 9.46. The lowest BCUT2D eigenvalue weighted by Gasteiger charge is -2.02. The zero-order chi connectivity index (χ0) is 9.14. The molecule has 1 nitrogen and oxygen atoms in total. The predicted molar refractivity (Wildman–Crippen MR) is 56.3 cm³/mol. The van der Waals surface area contributed by atoms with Gasteiger partial charge in [-0.05, 0) is 34.3 Å². The summed E-state index contributed by atoms with van der Waals surface area (Å²) in [6.07, 6.45) is 2.70. The van der Waals surface area contributed by atoms with Gasteiger partial charge in [0.1, 0.15) is 0 Å². The van der Waals surface area contributed by atoms with Crippen LogP contribution in [0.5, 0.6) is 0 Å². The van der Waals surface area contributed by atoms with Crippen molar-refractivity contribution in [3.05, 3.63) is 27.2 Å². The minimum atomic E-state index is 0.490. The van der Waals surface area contributed by atoms with E-state index in [4.69, 9.17) is 11.6 Å². The maximum absolute atomic E-state index is 10.5. The molecule has 12 heavy (non-hydrogen) atoms. The third-order valence-electron chi connectivity index (χ3n) is 1.41. The van der Waals surface area contributed by atoms with Gasteiger partial charge in [0.05, 0.1) is 5.02 Å². The second kappa shape index (κ2) is 4.30. The Morgan fingerprint density at radius 3 is 2.67 bits per heavy atom. The first-order chi connectivity index (χ1) is 5.69. The van der Waals surface area contributed by atoms with E-state index < -0.39 is 0 Å². The van der Waals surface area contributed by atoms with Crippen molar-refractivity contribution < 1.29 is 4.79 Å². The summed E-state index contributed by atoms with van der Waals surface area (Å²) in [5, 5.41) is 0.490. The third-order valence-corrected chi connectivity index (χ3v) is 3.08. The smallest absolute Gasteiger partial charge is 0.152 e. The van der Waals surface area contributed by atoms with Crippen LogP contribution in [0, 0.1) is 0 Å². The molecule has 0 spiro atoms. The van der Waals surface area contributed by atoms with Crippen molar-refractivity contribution in [1.29, 1.82) is 0 Å². The van der Waals surface area contributed by atoms with Crippen LogP contribution in [0.25, 0.3) is 0 Å². The lowest BCUT2D eigenvalue weighted by Crippen LogP contribution is -1.85. The van der Waals surface area contributed by atoms with Crippen LogP contribution < -0.4 is 0 Å². The van der Waals surface area contributed by atoms with Crippen molar-refractivity contribution in [3.63, 3.8) is 0 Å². The highest BCUT2D eigenvalue weighted by atomic mass is 79.9. The van der Waals surface area contributed by atoms with Crippen LogP contribution in [0.2, 0.25) is 5.02 Å². The van der Waals surface area contributed by atoms with Crippen molar-refractivity contribution in [1.82, 2.24) is 0 Å². The second-order valence-corrected chi connectivity index (χ2v) is 4.26. The fourth-order valence-electron chi connectivity index (χ4n) is 0.791. The maximum atomic E-state index is 10.5. The number of hydrogen-bond acceptors (Lipinski definition) is 2. The van der Waals surface area contributed by atoms with Crippen molar-refractivity contribution in [3.8, 4) is 0 Å². The number of hydrogen-bond donors (Lipinski definition) is 0. The molecule has 64 valence electrons. The molecular weight excluding hydrogens is 260 g/mol. The highest BCUT2D eigenvalue weighted by molar-refractivity contribution is 9.10. The van der Waals surface area contributed by atoms with Crippen LogP contribution in [0.3, 0.4) is 0 Å². The Morgan fingerprint density at radius 2 is 2.25 bits per heavy atom. The van der Waals surface area contributed by atoms with Crippen molar-refractivity contribution in [2.45, 2.75) is 4.90 Å². The van der Waals surface area contributed by atoms with Crippen LogP contribution in [0.1, 0.15) is 10.4 Å². The van der Waals surface area contributed by atoms with E-state index in [1.807, 2.05) is 12.3 Å². The predicted octanol–water partition coefficient (Wildman–Crippen LogP) is 3.64. The molecule has 1 aromatic rings. The second-order valence-electron chi connectivity index (χ2n) is 2.12. The fourth-order valence-corrected chi connectivity index (χ4v) is 2.41. The van der Waals surface area contributed by atoms with Crippen molar-refractivity contribution in [2.75, 3.05) is 6.26 Å². The van der Waals surface area contributed by atoms with Gasteiger partial charge in [-0.25, -0.2) is 0 Å². The number of rotatable bonds is 2. The zero-order valence-electron chi connectivity index (χ0n) is 6.30. The summed E-state index contributed by atoms with van der Waals surface area (Å²) in [6, 6.07) is 3.65. The van der Waals surface area contributed by atoms with Crippen molar-refractivity contribution >= 4 is 45.6 Å². The molecular formula is C8H6BrClOS. The van der Waals surface area contributed by atoms with Gasteiger partial charge in [0, 0.05) is 14.9 Å². The van der Waals surface area contributed by atoms with Gasteiger partial charge in [0.2, 0.25) is 0 Å². The summed E-state index contributed by atoms with van der Waals surface area (Å²) in [4.78, 5) is 11.6. The van der Waals surface area contributed by atoms with Crippen LogP contribution >= 0.6 is 39.3 Å². The number of aldehydes is 1. The molecule has 0 saturated carbocycles. The minimum absolute atomic E-state index is 0.490. The number of carbonyl (C=O) groups is 1. The maximum Gasteiger partial charge on any atom is 0.152 e. The largest absolute Gasteiger partial charge is 0.298 e. The summed E-state index contributed by atoms with van der Waals surface area (Å²) in [5.74, 6) is 0. The molecule has 1 rings (SSSR count). The fraction of sp³-hybridized carbons (Fsp3) is 0.125. The summed E-state index contributed by atoms with van der Waals surface area (Å²) in [6.45, 7) is 0. The molecule has 0 N–H and O–H groups in total. The minimum Gasteiger partial charge on any atom is -0.298 e. The highest BCUT2D eigenvalue weighted by Crippen LogP contribution is 2.29. The summed E-state index contributed by atoms with van der Waals surface area (Å²) < 4.78 is 0.745. The summed E-state index contributed by atoms with van der Waals surface area (Å²) >= 11 is 10.7.